The first-order valence-corrected chi connectivity index (χ1v) is 6.45. The van der Waals surface area contributed by atoms with Crippen molar-refractivity contribution >= 4 is 11.8 Å². The molecular formula is C11H22N2S. The van der Waals surface area contributed by atoms with Crippen LogP contribution in [0.15, 0.2) is 0 Å². The SMILES string of the molecule is CSC(C)CCNCCC(C)(C)C#N. The summed E-state index contributed by atoms with van der Waals surface area (Å²) in [6, 6.07) is 2.31. The Kier molecular flexibility index (Phi) is 7.04. The lowest BCUT2D eigenvalue weighted by Gasteiger charge is -2.15. The second-order valence-corrected chi connectivity index (χ2v) is 5.61. The summed E-state index contributed by atoms with van der Waals surface area (Å²) in [5.74, 6) is 0. The number of nitriles is 1. The lowest BCUT2D eigenvalue weighted by Crippen LogP contribution is -2.23. The van der Waals surface area contributed by atoms with Crippen LogP contribution in [0, 0.1) is 16.7 Å². The molecule has 0 bridgehead atoms. The van der Waals surface area contributed by atoms with E-state index in [1.54, 1.807) is 0 Å². The highest BCUT2D eigenvalue weighted by Gasteiger charge is 2.15. The Morgan fingerprint density at radius 1 is 1.43 bits per heavy atom. The van der Waals surface area contributed by atoms with Gasteiger partial charge >= 0.3 is 0 Å². The van der Waals surface area contributed by atoms with Gasteiger partial charge in [-0.2, -0.15) is 17.0 Å². The smallest absolute Gasteiger partial charge is 0.0684 e. The summed E-state index contributed by atoms with van der Waals surface area (Å²) < 4.78 is 0. The molecule has 0 rings (SSSR count). The second kappa shape index (κ2) is 7.14. The van der Waals surface area contributed by atoms with Crippen LogP contribution in [0.25, 0.3) is 0 Å². The largest absolute Gasteiger partial charge is 0.317 e. The van der Waals surface area contributed by atoms with Gasteiger partial charge < -0.3 is 5.32 Å². The van der Waals surface area contributed by atoms with Crippen molar-refractivity contribution in [3.05, 3.63) is 0 Å². The lowest BCUT2D eigenvalue weighted by atomic mass is 9.91. The van der Waals surface area contributed by atoms with Gasteiger partial charge in [0, 0.05) is 5.25 Å². The third kappa shape index (κ3) is 7.23. The molecule has 0 aliphatic rings. The molecule has 0 aliphatic heterocycles. The fourth-order valence-electron chi connectivity index (χ4n) is 1.00. The molecule has 1 N–H and O–H groups in total. The molecule has 0 amide bonds. The first kappa shape index (κ1) is 13.8. The number of thioether (sulfide) groups is 1. The summed E-state index contributed by atoms with van der Waals surface area (Å²) in [6.07, 6.45) is 4.27. The van der Waals surface area contributed by atoms with Crippen LogP contribution >= 0.6 is 11.8 Å². The van der Waals surface area contributed by atoms with E-state index < -0.39 is 0 Å². The molecule has 0 aromatic rings. The normalized spacial score (nSPS) is 13.6. The zero-order valence-corrected chi connectivity index (χ0v) is 10.6. The monoisotopic (exact) mass is 214 g/mol. The number of rotatable bonds is 7. The van der Waals surface area contributed by atoms with Gasteiger partial charge in [0.1, 0.15) is 0 Å². The van der Waals surface area contributed by atoms with Gasteiger partial charge in [-0.15, -0.1) is 0 Å². The number of nitrogens with one attached hydrogen (secondary N) is 1. The van der Waals surface area contributed by atoms with E-state index in [2.05, 4.69) is 24.6 Å². The molecule has 0 aromatic carbocycles. The highest BCUT2D eigenvalue weighted by Crippen LogP contribution is 2.17. The molecule has 0 saturated carbocycles. The van der Waals surface area contributed by atoms with Crippen LogP contribution in [-0.4, -0.2) is 24.6 Å². The Labute approximate surface area is 92.5 Å². The number of hydrogen-bond donors (Lipinski definition) is 1. The molecule has 14 heavy (non-hydrogen) atoms. The molecule has 0 aliphatic carbocycles. The summed E-state index contributed by atoms with van der Waals surface area (Å²) in [4.78, 5) is 0. The Morgan fingerprint density at radius 2 is 2.07 bits per heavy atom. The minimum Gasteiger partial charge on any atom is -0.317 e. The Balaban J connectivity index is 3.35. The highest BCUT2D eigenvalue weighted by molar-refractivity contribution is 7.99. The molecule has 0 saturated heterocycles. The van der Waals surface area contributed by atoms with Crippen LogP contribution in [-0.2, 0) is 0 Å². The Bertz CT molecular complexity index is 184. The molecule has 1 atom stereocenters. The Morgan fingerprint density at radius 3 is 2.57 bits per heavy atom. The van der Waals surface area contributed by atoms with Crippen molar-refractivity contribution in [3.63, 3.8) is 0 Å². The van der Waals surface area contributed by atoms with E-state index in [0.717, 1.165) is 24.8 Å². The summed E-state index contributed by atoms with van der Waals surface area (Å²) in [6.45, 7) is 8.22. The van der Waals surface area contributed by atoms with E-state index in [1.165, 1.54) is 6.42 Å². The zero-order valence-electron chi connectivity index (χ0n) is 9.76. The summed E-state index contributed by atoms with van der Waals surface area (Å²) in [5.41, 5.74) is -0.182. The van der Waals surface area contributed by atoms with Crippen LogP contribution in [0.3, 0.4) is 0 Å². The molecule has 0 fully saturated rings. The third-order valence-electron chi connectivity index (χ3n) is 2.36. The van der Waals surface area contributed by atoms with E-state index in [0.29, 0.717) is 0 Å². The lowest BCUT2D eigenvalue weighted by molar-refractivity contribution is 0.432. The summed E-state index contributed by atoms with van der Waals surface area (Å²) >= 11 is 1.90. The highest BCUT2D eigenvalue weighted by atomic mass is 32.2. The van der Waals surface area contributed by atoms with E-state index in [9.17, 15) is 0 Å². The van der Waals surface area contributed by atoms with Crippen LogP contribution in [0.1, 0.15) is 33.6 Å². The van der Waals surface area contributed by atoms with Crippen molar-refractivity contribution in [2.45, 2.75) is 38.9 Å². The molecule has 0 heterocycles. The van der Waals surface area contributed by atoms with Gasteiger partial charge in [0.05, 0.1) is 11.5 Å². The van der Waals surface area contributed by atoms with Gasteiger partial charge in [-0.25, -0.2) is 0 Å². The van der Waals surface area contributed by atoms with Crippen LogP contribution in [0.2, 0.25) is 0 Å². The predicted octanol–water partition coefficient (Wildman–Crippen LogP) is 2.66. The maximum absolute atomic E-state index is 8.80. The first-order valence-electron chi connectivity index (χ1n) is 5.16. The topological polar surface area (TPSA) is 35.8 Å². The average molecular weight is 214 g/mol. The van der Waals surface area contributed by atoms with Crippen molar-refractivity contribution in [1.82, 2.24) is 5.32 Å². The second-order valence-electron chi connectivity index (χ2n) is 4.33. The number of nitrogens with zero attached hydrogens (tertiary/aromatic N) is 1. The summed E-state index contributed by atoms with van der Waals surface area (Å²) in [5, 5.41) is 12.9. The van der Waals surface area contributed by atoms with Gasteiger partial charge in [0.2, 0.25) is 0 Å². The number of hydrogen-bond acceptors (Lipinski definition) is 3. The third-order valence-corrected chi connectivity index (χ3v) is 3.40. The van der Waals surface area contributed by atoms with Crippen molar-refractivity contribution in [1.29, 1.82) is 5.26 Å². The van der Waals surface area contributed by atoms with E-state index in [4.69, 9.17) is 5.26 Å². The predicted molar refractivity (Wildman–Crippen MR) is 64.5 cm³/mol. The molecule has 0 radical (unpaired) electrons. The fourth-order valence-corrected chi connectivity index (χ4v) is 1.36. The minimum atomic E-state index is -0.182. The van der Waals surface area contributed by atoms with Gasteiger partial charge in [0.15, 0.2) is 0 Å². The molecular weight excluding hydrogens is 192 g/mol. The average Bonchev–Trinajstić information content (AvgIpc) is 2.17. The van der Waals surface area contributed by atoms with Gasteiger partial charge in [-0.3, -0.25) is 0 Å². The molecule has 3 heteroatoms. The van der Waals surface area contributed by atoms with Crippen LogP contribution < -0.4 is 5.32 Å². The molecule has 0 spiro atoms. The summed E-state index contributed by atoms with van der Waals surface area (Å²) in [7, 11) is 0. The van der Waals surface area contributed by atoms with Crippen molar-refractivity contribution in [2.75, 3.05) is 19.3 Å². The van der Waals surface area contributed by atoms with Crippen molar-refractivity contribution < 1.29 is 0 Å². The van der Waals surface area contributed by atoms with Gasteiger partial charge in [0.25, 0.3) is 0 Å². The quantitative estimate of drug-likeness (QED) is 0.662. The molecule has 82 valence electrons. The van der Waals surface area contributed by atoms with Gasteiger partial charge in [-0.1, -0.05) is 6.92 Å². The van der Waals surface area contributed by atoms with Crippen LogP contribution in [0.5, 0.6) is 0 Å². The fraction of sp³-hybridized carbons (Fsp3) is 0.909. The van der Waals surface area contributed by atoms with Crippen molar-refractivity contribution in [2.24, 2.45) is 5.41 Å². The Hall–Kier alpha value is -0.200. The van der Waals surface area contributed by atoms with E-state index in [1.807, 2.05) is 25.6 Å². The molecule has 2 nitrogen and oxygen atoms in total. The first-order chi connectivity index (χ1) is 6.52. The van der Waals surface area contributed by atoms with E-state index in [-0.39, 0.29) is 5.41 Å². The van der Waals surface area contributed by atoms with Gasteiger partial charge in [-0.05, 0) is 46.0 Å². The molecule has 0 aromatic heterocycles. The zero-order chi connectivity index (χ0) is 11.0. The minimum absolute atomic E-state index is 0.182. The standard InChI is InChI=1S/C11H22N2S/c1-10(14-4)5-7-13-8-6-11(2,3)9-12/h10,13H,5-8H2,1-4H3. The maximum Gasteiger partial charge on any atom is 0.0684 e. The van der Waals surface area contributed by atoms with E-state index >= 15 is 0 Å². The molecule has 1 unspecified atom stereocenters. The maximum atomic E-state index is 8.80. The van der Waals surface area contributed by atoms with Crippen LogP contribution in [0.4, 0.5) is 0 Å². The van der Waals surface area contributed by atoms with Crippen molar-refractivity contribution in [3.8, 4) is 6.07 Å².